The SMILES string of the molecule is CC(=O)c1sccc1OCc1nc(C2CC2)no1. The molecule has 0 amide bonds. The summed E-state index contributed by atoms with van der Waals surface area (Å²) >= 11 is 1.37. The van der Waals surface area contributed by atoms with E-state index in [4.69, 9.17) is 9.26 Å². The number of hydrogen-bond donors (Lipinski definition) is 0. The Hall–Kier alpha value is -1.69. The van der Waals surface area contributed by atoms with Crippen LogP contribution in [0.5, 0.6) is 5.75 Å². The van der Waals surface area contributed by atoms with Crippen molar-refractivity contribution in [1.29, 1.82) is 0 Å². The van der Waals surface area contributed by atoms with E-state index in [0.29, 0.717) is 22.4 Å². The van der Waals surface area contributed by atoms with Crippen molar-refractivity contribution in [3.63, 3.8) is 0 Å². The maximum atomic E-state index is 11.3. The second-order valence-electron chi connectivity index (χ2n) is 4.28. The number of carbonyl (C=O) groups is 1. The summed E-state index contributed by atoms with van der Waals surface area (Å²) in [6, 6.07) is 1.78. The van der Waals surface area contributed by atoms with Gasteiger partial charge in [-0.15, -0.1) is 11.3 Å². The largest absolute Gasteiger partial charge is 0.482 e. The molecule has 2 aromatic heterocycles. The highest BCUT2D eigenvalue weighted by Crippen LogP contribution is 2.38. The lowest BCUT2D eigenvalue weighted by Crippen LogP contribution is -1.99. The van der Waals surface area contributed by atoms with Gasteiger partial charge in [-0.2, -0.15) is 4.98 Å². The summed E-state index contributed by atoms with van der Waals surface area (Å²) in [4.78, 5) is 16.2. The van der Waals surface area contributed by atoms with Gasteiger partial charge in [0.15, 0.2) is 18.2 Å². The predicted molar refractivity (Wildman–Crippen MR) is 64.9 cm³/mol. The Labute approximate surface area is 108 Å². The van der Waals surface area contributed by atoms with E-state index in [0.717, 1.165) is 18.7 Å². The summed E-state index contributed by atoms with van der Waals surface area (Å²) in [5.74, 6) is 2.28. The third kappa shape index (κ3) is 2.28. The van der Waals surface area contributed by atoms with Gasteiger partial charge in [-0.25, -0.2) is 0 Å². The number of thiophene rings is 1. The van der Waals surface area contributed by atoms with Crippen molar-refractivity contribution in [3.05, 3.63) is 28.0 Å². The zero-order valence-corrected chi connectivity index (χ0v) is 10.7. The van der Waals surface area contributed by atoms with Gasteiger partial charge in [0.05, 0.1) is 0 Å². The number of Topliss-reactive ketones (excluding diaryl/α,β-unsaturated/α-hetero) is 1. The number of ether oxygens (including phenoxy) is 1. The lowest BCUT2D eigenvalue weighted by atomic mass is 10.3. The standard InChI is InChI=1S/C12H12N2O3S/c1-7(15)11-9(4-5-18-11)16-6-10-13-12(14-17-10)8-2-3-8/h4-5,8H,2-3,6H2,1H3. The molecule has 0 N–H and O–H groups in total. The molecule has 0 aliphatic heterocycles. The fourth-order valence-electron chi connectivity index (χ4n) is 1.64. The lowest BCUT2D eigenvalue weighted by Gasteiger charge is -2.01. The van der Waals surface area contributed by atoms with Crippen LogP contribution in [0, 0.1) is 0 Å². The Morgan fingerprint density at radius 3 is 3.17 bits per heavy atom. The highest BCUT2D eigenvalue weighted by molar-refractivity contribution is 7.12. The summed E-state index contributed by atoms with van der Waals surface area (Å²) in [6.07, 6.45) is 2.28. The molecule has 1 aliphatic carbocycles. The summed E-state index contributed by atoms with van der Waals surface area (Å²) in [5.41, 5.74) is 0. The second kappa shape index (κ2) is 4.53. The molecular formula is C12H12N2O3S. The van der Waals surface area contributed by atoms with Gasteiger partial charge >= 0.3 is 0 Å². The third-order valence-corrected chi connectivity index (χ3v) is 3.72. The summed E-state index contributed by atoms with van der Waals surface area (Å²) in [5, 5.41) is 5.73. The van der Waals surface area contributed by atoms with E-state index in [2.05, 4.69) is 10.1 Å². The first kappa shape index (κ1) is 11.4. The smallest absolute Gasteiger partial charge is 0.264 e. The van der Waals surface area contributed by atoms with Crippen LogP contribution in [-0.2, 0) is 6.61 Å². The first-order valence-corrected chi connectivity index (χ1v) is 6.65. The molecule has 1 fully saturated rings. The molecule has 94 valence electrons. The molecule has 6 heteroatoms. The van der Waals surface area contributed by atoms with Crippen LogP contribution in [0.25, 0.3) is 0 Å². The number of rotatable bonds is 5. The van der Waals surface area contributed by atoms with Gasteiger partial charge < -0.3 is 9.26 Å². The average molecular weight is 264 g/mol. The fourth-order valence-corrected chi connectivity index (χ4v) is 2.38. The van der Waals surface area contributed by atoms with E-state index >= 15 is 0 Å². The van der Waals surface area contributed by atoms with Gasteiger partial charge in [0.25, 0.3) is 5.89 Å². The first-order valence-electron chi connectivity index (χ1n) is 5.78. The molecule has 0 bridgehead atoms. The molecule has 2 heterocycles. The number of aromatic nitrogens is 2. The van der Waals surface area contributed by atoms with E-state index < -0.39 is 0 Å². The van der Waals surface area contributed by atoms with E-state index in [1.54, 1.807) is 6.07 Å². The molecule has 1 saturated carbocycles. The number of carbonyl (C=O) groups excluding carboxylic acids is 1. The highest BCUT2D eigenvalue weighted by atomic mass is 32.1. The molecule has 0 unspecified atom stereocenters. The molecule has 0 aromatic carbocycles. The van der Waals surface area contributed by atoms with Crippen molar-refractivity contribution in [3.8, 4) is 5.75 Å². The van der Waals surface area contributed by atoms with Gasteiger partial charge in [0.2, 0.25) is 0 Å². The Bertz CT molecular complexity index is 571. The van der Waals surface area contributed by atoms with Crippen LogP contribution < -0.4 is 4.74 Å². The quantitative estimate of drug-likeness (QED) is 0.777. The van der Waals surface area contributed by atoms with Crippen LogP contribution in [0.3, 0.4) is 0 Å². The monoisotopic (exact) mass is 264 g/mol. The van der Waals surface area contributed by atoms with Crippen LogP contribution >= 0.6 is 11.3 Å². The minimum atomic E-state index is 0.00389. The Balaban J connectivity index is 1.65. The fraction of sp³-hybridized carbons (Fsp3) is 0.417. The van der Waals surface area contributed by atoms with E-state index in [1.165, 1.54) is 18.3 Å². The van der Waals surface area contributed by atoms with Crippen LogP contribution in [0.1, 0.15) is 47.1 Å². The first-order chi connectivity index (χ1) is 8.74. The van der Waals surface area contributed by atoms with Crippen molar-refractivity contribution < 1.29 is 14.1 Å². The summed E-state index contributed by atoms with van der Waals surface area (Å²) < 4.78 is 10.6. The summed E-state index contributed by atoms with van der Waals surface area (Å²) in [7, 11) is 0. The van der Waals surface area contributed by atoms with Crippen LogP contribution in [0.15, 0.2) is 16.0 Å². The summed E-state index contributed by atoms with van der Waals surface area (Å²) in [6.45, 7) is 1.73. The molecule has 1 aliphatic rings. The molecule has 0 radical (unpaired) electrons. The number of nitrogens with zero attached hydrogens (tertiary/aromatic N) is 2. The number of hydrogen-bond acceptors (Lipinski definition) is 6. The van der Waals surface area contributed by atoms with E-state index in [9.17, 15) is 4.79 Å². The van der Waals surface area contributed by atoms with Crippen molar-refractivity contribution >= 4 is 17.1 Å². The molecular weight excluding hydrogens is 252 g/mol. The second-order valence-corrected chi connectivity index (χ2v) is 5.20. The Kier molecular flexibility index (Phi) is 2.87. The maximum Gasteiger partial charge on any atom is 0.264 e. The highest BCUT2D eigenvalue weighted by Gasteiger charge is 2.28. The van der Waals surface area contributed by atoms with Crippen molar-refractivity contribution in [2.45, 2.75) is 32.3 Å². The predicted octanol–water partition coefficient (Wildman–Crippen LogP) is 2.79. The van der Waals surface area contributed by atoms with Gasteiger partial charge in [0, 0.05) is 12.8 Å². The third-order valence-electron chi connectivity index (χ3n) is 2.73. The Morgan fingerprint density at radius 2 is 2.44 bits per heavy atom. The molecule has 2 aromatic rings. The Morgan fingerprint density at radius 1 is 1.61 bits per heavy atom. The topological polar surface area (TPSA) is 65.2 Å². The van der Waals surface area contributed by atoms with Gasteiger partial charge in [-0.1, -0.05) is 5.16 Å². The van der Waals surface area contributed by atoms with Crippen molar-refractivity contribution in [2.75, 3.05) is 0 Å². The molecule has 0 spiro atoms. The average Bonchev–Trinajstić information content (AvgIpc) is 2.92. The van der Waals surface area contributed by atoms with Crippen molar-refractivity contribution in [2.24, 2.45) is 0 Å². The van der Waals surface area contributed by atoms with Gasteiger partial charge in [0.1, 0.15) is 10.6 Å². The van der Waals surface area contributed by atoms with Crippen LogP contribution in [0.2, 0.25) is 0 Å². The van der Waals surface area contributed by atoms with Gasteiger partial charge in [-0.05, 0) is 24.3 Å². The van der Waals surface area contributed by atoms with Crippen LogP contribution in [0.4, 0.5) is 0 Å². The maximum absolute atomic E-state index is 11.3. The van der Waals surface area contributed by atoms with E-state index in [-0.39, 0.29) is 12.4 Å². The normalized spacial score (nSPS) is 14.7. The van der Waals surface area contributed by atoms with E-state index in [1.807, 2.05) is 5.38 Å². The van der Waals surface area contributed by atoms with Crippen molar-refractivity contribution in [1.82, 2.24) is 10.1 Å². The molecule has 5 nitrogen and oxygen atoms in total. The number of ketones is 1. The molecule has 0 atom stereocenters. The molecule has 18 heavy (non-hydrogen) atoms. The zero-order valence-electron chi connectivity index (χ0n) is 9.88. The zero-order chi connectivity index (χ0) is 12.5. The lowest BCUT2D eigenvalue weighted by molar-refractivity contribution is 0.101. The molecule has 3 rings (SSSR count). The van der Waals surface area contributed by atoms with Crippen LogP contribution in [-0.4, -0.2) is 15.9 Å². The van der Waals surface area contributed by atoms with Gasteiger partial charge in [-0.3, -0.25) is 4.79 Å². The minimum absolute atomic E-state index is 0.00389. The minimum Gasteiger partial charge on any atom is -0.482 e. The molecule has 0 saturated heterocycles.